The third-order valence-corrected chi connectivity index (χ3v) is 3.46. The number of carbonyl (C=O) groups excluding carboxylic acids is 1. The van der Waals surface area contributed by atoms with Gasteiger partial charge in [-0.2, -0.15) is 0 Å². The summed E-state index contributed by atoms with van der Waals surface area (Å²) < 4.78 is 4.68. The Labute approximate surface area is 122 Å². The molecule has 2 aromatic rings. The van der Waals surface area contributed by atoms with Crippen molar-refractivity contribution in [3.8, 4) is 0 Å². The van der Waals surface area contributed by atoms with Crippen molar-refractivity contribution in [1.82, 2.24) is 10.5 Å². The molecule has 1 heterocycles. The smallest absolute Gasteiger partial charge is 0.273 e. The van der Waals surface area contributed by atoms with Crippen LogP contribution >= 0.6 is 12.4 Å². The first-order valence-electron chi connectivity index (χ1n) is 6.33. The van der Waals surface area contributed by atoms with E-state index in [1.807, 2.05) is 18.2 Å². The number of benzene rings is 1. The molecule has 1 amide bonds. The number of hydrogen-bond donors (Lipinski definition) is 2. The Morgan fingerprint density at radius 1 is 1.40 bits per heavy atom. The fourth-order valence-corrected chi connectivity index (χ4v) is 2.55. The van der Waals surface area contributed by atoms with E-state index in [1.165, 1.54) is 11.8 Å². The van der Waals surface area contributed by atoms with Crippen LogP contribution in [0.25, 0.3) is 0 Å². The lowest BCUT2D eigenvalue weighted by atomic mass is 9.87. The highest BCUT2D eigenvalue weighted by atomic mass is 35.5. The van der Waals surface area contributed by atoms with Crippen molar-refractivity contribution < 1.29 is 9.32 Å². The molecule has 0 saturated carbocycles. The average molecular weight is 294 g/mol. The van der Waals surface area contributed by atoms with Crippen molar-refractivity contribution >= 4 is 24.0 Å². The maximum absolute atomic E-state index is 12.0. The first-order chi connectivity index (χ1) is 9.24. The van der Waals surface area contributed by atoms with E-state index in [0.717, 1.165) is 30.5 Å². The monoisotopic (exact) mass is 293 g/mol. The molecule has 0 saturated heterocycles. The predicted octanol–water partition coefficient (Wildman–Crippen LogP) is 2.49. The van der Waals surface area contributed by atoms with E-state index in [2.05, 4.69) is 15.0 Å². The Kier molecular flexibility index (Phi) is 4.29. The second-order valence-electron chi connectivity index (χ2n) is 4.76. The van der Waals surface area contributed by atoms with Gasteiger partial charge < -0.3 is 15.6 Å². The molecule has 1 aromatic heterocycles. The topological polar surface area (TPSA) is 81.1 Å². The van der Waals surface area contributed by atoms with E-state index in [-0.39, 0.29) is 24.4 Å². The SMILES string of the molecule is Cl.Nc1ccc2c(c1)CCCC2NC(=O)c1ccon1. The van der Waals surface area contributed by atoms with Crippen LogP contribution in [-0.4, -0.2) is 11.1 Å². The molecule has 1 aliphatic carbocycles. The fraction of sp³-hybridized carbons (Fsp3) is 0.286. The van der Waals surface area contributed by atoms with E-state index in [0.29, 0.717) is 5.69 Å². The van der Waals surface area contributed by atoms with Crippen molar-refractivity contribution in [3.05, 3.63) is 47.3 Å². The van der Waals surface area contributed by atoms with Gasteiger partial charge in [-0.1, -0.05) is 11.2 Å². The molecule has 0 fully saturated rings. The number of nitrogens with two attached hydrogens (primary N) is 1. The Bertz CT molecular complexity index is 598. The molecule has 1 atom stereocenters. The zero-order valence-electron chi connectivity index (χ0n) is 10.8. The number of rotatable bonds is 2. The number of aryl methyl sites for hydroxylation is 1. The first kappa shape index (κ1) is 14.4. The molecule has 5 nitrogen and oxygen atoms in total. The number of nitrogen functional groups attached to an aromatic ring is 1. The van der Waals surface area contributed by atoms with Gasteiger partial charge in [0.1, 0.15) is 6.26 Å². The summed E-state index contributed by atoms with van der Waals surface area (Å²) in [6.45, 7) is 0. The number of nitrogens with zero attached hydrogens (tertiary/aromatic N) is 1. The molecule has 0 aliphatic heterocycles. The lowest BCUT2D eigenvalue weighted by molar-refractivity contribution is 0.0923. The molecule has 3 N–H and O–H groups in total. The van der Waals surface area contributed by atoms with Gasteiger partial charge in [0, 0.05) is 11.8 Å². The Balaban J connectivity index is 0.00000147. The van der Waals surface area contributed by atoms with Gasteiger partial charge in [0.15, 0.2) is 5.69 Å². The molecule has 106 valence electrons. The minimum Gasteiger partial charge on any atom is -0.399 e. The third-order valence-electron chi connectivity index (χ3n) is 3.46. The summed E-state index contributed by atoms with van der Waals surface area (Å²) >= 11 is 0. The number of aromatic nitrogens is 1. The van der Waals surface area contributed by atoms with Crippen LogP contribution < -0.4 is 11.1 Å². The Morgan fingerprint density at radius 2 is 2.25 bits per heavy atom. The van der Waals surface area contributed by atoms with E-state index < -0.39 is 0 Å². The van der Waals surface area contributed by atoms with Gasteiger partial charge in [-0.25, -0.2) is 0 Å². The Morgan fingerprint density at radius 3 is 3.00 bits per heavy atom. The largest absolute Gasteiger partial charge is 0.399 e. The summed E-state index contributed by atoms with van der Waals surface area (Å²) in [5.41, 5.74) is 9.24. The Hall–Kier alpha value is -2.01. The second kappa shape index (κ2) is 5.96. The lowest BCUT2D eigenvalue weighted by Gasteiger charge is -2.26. The first-order valence-corrected chi connectivity index (χ1v) is 6.33. The summed E-state index contributed by atoms with van der Waals surface area (Å²) in [4.78, 5) is 12.0. The van der Waals surface area contributed by atoms with Crippen LogP contribution in [0.4, 0.5) is 5.69 Å². The van der Waals surface area contributed by atoms with Gasteiger partial charge in [0.2, 0.25) is 0 Å². The fourth-order valence-electron chi connectivity index (χ4n) is 2.55. The van der Waals surface area contributed by atoms with E-state index in [9.17, 15) is 4.79 Å². The molecule has 1 aliphatic rings. The van der Waals surface area contributed by atoms with Gasteiger partial charge in [0.05, 0.1) is 6.04 Å². The maximum Gasteiger partial charge on any atom is 0.273 e. The predicted molar refractivity (Wildman–Crippen MR) is 77.8 cm³/mol. The molecule has 1 unspecified atom stereocenters. The summed E-state index contributed by atoms with van der Waals surface area (Å²) in [5, 5.41) is 6.64. The van der Waals surface area contributed by atoms with Gasteiger partial charge in [-0.3, -0.25) is 4.79 Å². The standard InChI is InChI=1S/C14H15N3O2.ClH/c15-10-4-5-11-9(8-10)2-1-3-12(11)16-14(18)13-6-7-19-17-13;/h4-8,12H,1-3,15H2,(H,16,18);1H. The quantitative estimate of drug-likeness (QED) is 0.834. The lowest BCUT2D eigenvalue weighted by Crippen LogP contribution is -2.31. The molecular formula is C14H16ClN3O2. The summed E-state index contributed by atoms with van der Waals surface area (Å²) in [6.07, 6.45) is 4.38. The van der Waals surface area contributed by atoms with Gasteiger partial charge in [0.25, 0.3) is 5.91 Å². The molecule has 0 spiro atoms. The van der Waals surface area contributed by atoms with Gasteiger partial charge in [-0.05, 0) is 42.5 Å². The summed E-state index contributed by atoms with van der Waals surface area (Å²) in [5.74, 6) is -0.205. The maximum atomic E-state index is 12.0. The molecule has 6 heteroatoms. The minimum atomic E-state index is -0.205. The molecule has 0 bridgehead atoms. The molecule has 3 rings (SSSR count). The minimum absolute atomic E-state index is 0. The molecule has 20 heavy (non-hydrogen) atoms. The van der Waals surface area contributed by atoms with E-state index >= 15 is 0 Å². The highest BCUT2D eigenvalue weighted by molar-refractivity contribution is 5.92. The zero-order valence-corrected chi connectivity index (χ0v) is 11.7. The zero-order chi connectivity index (χ0) is 13.2. The van der Waals surface area contributed by atoms with Crippen molar-refractivity contribution in [2.24, 2.45) is 0 Å². The number of halogens is 1. The average Bonchev–Trinajstić information content (AvgIpc) is 2.92. The third kappa shape index (κ3) is 2.77. The van der Waals surface area contributed by atoms with Crippen LogP contribution in [-0.2, 0) is 6.42 Å². The summed E-state index contributed by atoms with van der Waals surface area (Å²) in [6, 6.07) is 7.44. The highest BCUT2D eigenvalue weighted by Gasteiger charge is 2.23. The van der Waals surface area contributed by atoms with Crippen LogP contribution in [0, 0.1) is 0 Å². The second-order valence-corrected chi connectivity index (χ2v) is 4.76. The van der Waals surface area contributed by atoms with Crippen LogP contribution in [0.3, 0.4) is 0 Å². The van der Waals surface area contributed by atoms with E-state index in [4.69, 9.17) is 5.73 Å². The number of hydrogen-bond acceptors (Lipinski definition) is 4. The molecule has 0 radical (unpaired) electrons. The van der Waals surface area contributed by atoms with Crippen molar-refractivity contribution in [1.29, 1.82) is 0 Å². The number of fused-ring (bicyclic) bond motifs is 1. The van der Waals surface area contributed by atoms with Crippen LogP contribution in [0.15, 0.2) is 35.1 Å². The summed E-state index contributed by atoms with van der Waals surface area (Å²) in [7, 11) is 0. The molecular weight excluding hydrogens is 278 g/mol. The normalized spacial score (nSPS) is 16.9. The number of nitrogens with one attached hydrogen (secondary N) is 1. The highest BCUT2D eigenvalue weighted by Crippen LogP contribution is 2.31. The van der Waals surface area contributed by atoms with Crippen LogP contribution in [0.1, 0.15) is 40.5 Å². The van der Waals surface area contributed by atoms with Crippen LogP contribution in [0.5, 0.6) is 0 Å². The van der Waals surface area contributed by atoms with Crippen molar-refractivity contribution in [3.63, 3.8) is 0 Å². The number of anilines is 1. The number of carbonyl (C=O) groups is 1. The van der Waals surface area contributed by atoms with Crippen LogP contribution in [0.2, 0.25) is 0 Å². The molecule has 1 aromatic carbocycles. The van der Waals surface area contributed by atoms with Gasteiger partial charge in [-0.15, -0.1) is 12.4 Å². The van der Waals surface area contributed by atoms with E-state index in [1.54, 1.807) is 6.07 Å². The van der Waals surface area contributed by atoms with Crippen molar-refractivity contribution in [2.75, 3.05) is 5.73 Å². The van der Waals surface area contributed by atoms with Gasteiger partial charge >= 0.3 is 0 Å². The van der Waals surface area contributed by atoms with Crippen molar-refractivity contribution in [2.45, 2.75) is 25.3 Å². The number of amides is 1.